The van der Waals surface area contributed by atoms with Crippen LogP contribution >= 0.6 is 0 Å². The minimum atomic E-state index is -0.421. The zero-order valence-electron chi connectivity index (χ0n) is 10.4. The summed E-state index contributed by atoms with van der Waals surface area (Å²) in [4.78, 5) is 11.7. The third kappa shape index (κ3) is 2.20. The first kappa shape index (κ1) is 12.1. The lowest BCUT2D eigenvalue weighted by molar-refractivity contribution is 0.0589. The molecule has 5 nitrogen and oxygen atoms in total. The fraction of sp³-hybridized carbons (Fsp3) is 0.667. The summed E-state index contributed by atoms with van der Waals surface area (Å²) in [5, 5.41) is 4.16. The molecule has 0 spiro atoms. The minimum absolute atomic E-state index is 0.361. The first-order valence-electron chi connectivity index (χ1n) is 5.98. The highest BCUT2D eigenvalue weighted by Crippen LogP contribution is 2.36. The Kier molecular flexibility index (Phi) is 3.19. The maximum atomic E-state index is 11.7. The first-order chi connectivity index (χ1) is 8.07. The number of carbonyl (C=O) groups excluding carboxylic acids is 1. The van der Waals surface area contributed by atoms with E-state index < -0.39 is 11.5 Å². The molecule has 2 rings (SSSR count). The molecule has 0 unspecified atom stereocenters. The van der Waals surface area contributed by atoms with Crippen molar-refractivity contribution in [2.45, 2.75) is 37.6 Å². The molecular formula is C12H19N3O2. The lowest BCUT2D eigenvalue weighted by Crippen LogP contribution is -2.39. The Bertz CT molecular complexity index is 419. The van der Waals surface area contributed by atoms with Crippen LogP contribution in [0.15, 0.2) is 6.20 Å². The molecule has 94 valence electrons. The number of aromatic nitrogens is 2. The van der Waals surface area contributed by atoms with Gasteiger partial charge < -0.3 is 10.5 Å². The van der Waals surface area contributed by atoms with Crippen LogP contribution in [0.4, 0.5) is 0 Å². The number of rotatable bonds is 2. The van der Waals surface area contributed by atoms with Gasteiger partial charge in [-0.15, -0.1) is 0 Å². The van der Waals surface area contributed by atoms with E-state index in [0.29, 0.717) is 5.69 Å². The van der Waals surface area contributed by atoms with E-state index in [2.05, 4.69) is 5.10 Å². The van der Waals surface area contributed by atoms with E-state index in [1.165, 1.54) is 13.5 Å². The molecule has 0 bridgehead atoms. The molecule has 0 amide bonds. The molecule has 1 heterocycles. The number of hydrogen-bond donors (Lipinski definition) is 1. The van der Waals surface area contributed by atoms with Crippen LogP contribution in [0.5, 0.6) is 0 Å². The molecular weight excluding hydrogens is 218 g/mol. The molecule has 1 aromatic heterocycles. The number of aryl methyl sites for hydroxylation is 1. The largest absolute Gasteiger partial charge is 0.464 e. The number of ether oxygens (including phenoxy) is 1. The third-order valence-electron chi connectivity index (χ3n) is 3.49. The second-order valence-corrected chi connectivity index (χ2v) is 4.77. The summed E-state index contributed by atoms with van der Waals surface area (Å²) in [7, 11) is 3.16. The Labute approximate surface area is 101 Å². The standard InChI is InChI=1S/C12H19N3O2/c1-15-8-9(10(14-15)11(16)17-2)12(13)6-4-3-5-7-12/h8H,3-7,13H2,1-2H3. The van der Waals surface area contributed by atoms with Crippen molar-refractivity contribution in [2.24, 2.45) is 12.8 Å². The van der Waals surface area contributed by atoms with Crippen LogP contribution in [-0.4, -0.2) is 22.9 Å². The lowest BCUT2D eigenvalue weighted by atomic mass is 9.77. The van der Waals surface area contributed by atoms with Gasteiger partial charge >= 0.3 is 5.97 Å². The smallest absolute Gasteiger partial charge is 0.358 e. The van der Waals surface area contributed by atoms with Crippen molar-refractivity contribution >= 4 is 5.97 Å². The van der Waals surface area contributed by atoms with Crippen LogP contribution in [0.25, 0.3) is 0 Å². The monoisotopic (exact) mass is 237 g/mol. The number of hydrogen-bond acceptors (Lipinski definition) is 4. The fourth-order valence-electron chi connectivity index (χ4n) is 2.55. The van der Waals surface area contributed by atoms with Gasteiger partial charge in [-0.05, 0) is 12.8 Å². The topological polar surface area (TPSA) is 70.1 Å². The summed E-state index contributed by atoms with van der Waals surface area (Å²) < 4.78 is 6.39. The number of methoxy groups -OCH3 is 1. The van der Waals surface area contributed by atoms with E-state index in [0.717, 1.165) is 31.2 Å². The average Bonchev–Trinajstić information content (AvgIpc) is 2.72. The van der Waals surface area contributed by atoms with Crippen molar-refractivity contribution in [3.8, 4) is 0 Å². The molecule has 0 atom stereocenters. The van der Waals surface area contributed by atoms with Crippen molar-refractivity contribution in [1.29, 1.82) is 0 Å². The Balaban J connectivity index is 2.39. The van der Waals surface area contributed by atoms with E-state index >= 15 is 0 Å². The highest BCUT2D eigenvalue weighted by atomic mass is 16.5. The summed E-state index contributed by atoms with van der Waals surface area (Å²) in [6, 6.07) is 0. The second-order valence-electron chi connectivity index (χ2n) is 4.77. The number of esters is 1. The molecule has 2 N–H and O–H groups in total. The van der Waals surface area contributed by atoms with E-state index in [-0.39, 0.29) is 0 Å². The third-order valence-corrected chi connectivity index (χ3v) is 3.49. The Morgan fingerprint density at radius 3 is 2.71 bits per heavy atom. The maximum Gasteiger partial charge on any atom is 0.358 e. The first-order valence-corrected chi connectivity index (χ1v) is 5.98. The number of carbonyl (C=O) groups is 1. The van der Waals surface area contributed by atoms with Crippen molar-refractivity contribution in [3.63, 3.8) is 0 Å². The quantitative estimate of drug-likeness (QED) is 0.788. The van der Waals surface area contributed by atoms with Gasteiger partial charge in [-0.3, -0.25) is 4.68 Å². The van der Waals surface area contributed by atoms with Crippen LogP contribution in [0.1, 0.15) is 48.2 Å². The van der Waals surface area contributed by atoms with Crippen LogP contribution in [0.2, 0.25) is 0 Å². The predicted octanol–water partition coefficient (Wildman–Crippen LogP) is 1.32. The second kappa shape index (κ2) is 4.49. The molecule has 1 fully saturated rings. The SMILES string of the molecule is COC(=O)c1nn(C)cc1C1(N)CCCCC1. The van der Waals surface area contributed by atoms with Crippen LogP contribution < -0.4 is 5.73 Å². The highest BCUT2D eigenvalue weighted by molar-refractivity contribution is 5.89. The molecule has 1 saturated carbocycles. The zero-order valence-corrected chi connectivity index (χ0v) is 10.4. The van der Waals surface area contributed by atoms with Crippen LogP contribution in [-0.2, 0) is 17.3 Å². The van der Waals surface area contributed by atoms with Crippen molar-refractivity contribution < 1.29 is 9.53 Å². The summed E-state index contributed by atoms with van der Waals surface area (Å²) in [5.41, 5.74) is 7.19. The van der Waals surface area contributed by atoms with Gasteiger partial charge in [0.15, 0.2) is 5.69 Å². The van der Waals surface area contributed by atoms with Gasteiger partial charge in [-0.2, -0.15) is 5.10 Å². The van der Waals surface area contributed by atoms with Gasteiger partial charge in [0.1, 0.15) is 0 Å². The van der Waals surface area contributed by atoms with Crippen LogP contribution in [0.3, 0.4) is 0 Å². The molecule has 1 aromatic rings. The van der Waals surface area contributed by atoms with E-state index in [4.69, 9.17) is 10.5 Å². The van der Waals surface area contributed by atoms with Crippen molar-refractivity contribution in [3.05, 3.63) is 17.5 Å². The molecule has 0 aromatic carbocycles. The number of nitrogens with two attached hydrogens (primary N) is 1. The molecule has 1 aliphatic rings. The van der Waals surface area contributed by atoms with Gasteiger partial charge in [0.2, 0.25) is 0 Å². The Morgan fingerprint density at radius 2 is 2.12 bits per heavy atom. The highest BCUT2D eigenvalue weighted by Gasteiger charge is 2.35. The Morgan fingerprint density at radius 1 is 1.47 bits per heavy atom. The zero-order chi connectivity index (χ0) is 12.5. The minimum Gasteiger partial charge on any atom is -0.464 e. The van der Waals surface area contributed by atoms with E-state index in [1.807, 2.05) is 6.20 Å². The fourth-order valence-corrected chi connectivity index (χ4v) is 2.55. The van der Waals surface area contributed by atoms with Gasteiger partial charge in [-0.25, -0.2) is 4.79 Å². The molecule has 0 aliphatic heterocycles. The summed E-state index contributed by atoms with van der Waals surface area (Å²) in [5.74, 6) is -0.406. The average molecular weight is 237 g/mol. The van der Waals surface area contributed by atoms with Crippen molar-refractivity contribution in [2.75, 3.05) is 7.11 Å². The van der Waals surface area contributed by atoms with E-state index in [1.54, 1.807) is 11.7 Å². The van der Waals surface area contributed by atoms with E-state index in [9.17, 15) is 4.79 Å². The molecule has 17 heavy (non-hydrogen) atoms. The lowest BCUT2D eigenvalue weighted by Gasteiger charge is -2.33. The summed E-state index contributed by atoms with van der Waals surface area (Å²) in [6.45, 7) is 0. The number of nitrogens with zero attached hydrogens (tertiary/aromatic N) is 2. The molecule has 1 aliphatic carbocycles. The van der Waals surface area contributed by atoms with Gasteiger partial charge in [0.25, 0.3) is 0 Å². The van der Waals surface area contributed by atoms with Crippen molar-refractivity contribution in [1.82, 2.24) is 9.78 Å². The van der Waals surface area contributed by atoms with Gasteiger partial charge in [0.05, 0.1) is 7.11 Å². The molecule has 0 saturated heterocycles. The normalized spacial score (nSPS) is 19.0. The summed E-state index contributed by atoms with van der Waals surface area (Å²) in [6.07, 6.45) is 7.08. The summed E-state index contributed by atoms with van der Waals surface area (Å²) >= 11 is 0. The predicted molar refractivity (Wildman–Crippen MR) is 63.5 cm³/mol. The molecule has 5 heteroatoms. The van der Waals surface area contributed by atoms with Crippen LogP contribution in [0, 0.1) is 0 Å². The molecule has 0 radical (unpaired) electrons. The maximum absolute atomic E-state index is 11.7. The van der Waals surface area contributed by atoms with Gasteiger partial charge in [-0.1, -0.05) is 19.3 Å². The Hall–Kier alpha value is -1.36. The van der Waals surface area contributed by atoms with Gasteiger partial charge in [0, 0.05) is 24.3 Å².